The van der Waals surface area contributed by atoms with E-state index in [1.807, 2.05) is 98.7 Å². The third-order valence-electron chi connectivity index (χ3n) is 13.8. The van der Waals surface area contributed by atoms with Crippen LogP contribution in [0, 0.1) is 0 Å². The lowest BCUT2D eigenvalue weighted by Crippen LogP contribution is -2.47. The van der Waals surface area contributed by atoms with Crippen molar-refractivity contribution in [1.29, 1.82) is 0 Å². The maximum Gasteiger partial charge on any atom is 0.253 e. The van der Waals surface area contributed by atoms with Crippen molar-refractivity contribution in [3.63, 3.8) is 0 Å². The second kappa shape index (κ2) is 25.8. The summed E-state index contributed by atoms with van der Waals surface area (Å²) in [4.78, 5) is 69.9. The van der Waals surface area contributed by atoms with Crippen molar-refractivity contribution in [2.45, 2.75) is 46.3 Å². The Morgan fingerprint density at radius 3 is 1.44 bits per heavy atom. The van der Waals surface area contributed by atoms with Crippen LogP contribution in [0.15, 0.2) is 146 Å². The molecule has 4 aromatic heterocycles. The molecule has 0 bridgehead atoms. The second-order valence-electron chi connectivity index (χ2n) is 18.1. The Bertz CT molecular complexity index is 2950. The number of nitrogens with one attached hydrogen (secondary N) is 3. The normalized spacial score (nSPS) is 15.1. The first-order valence-corrected chi connectivity index (χ1v) is 25.6. The number of rotatable bonds is 15. The quantitative estimate of drug-likeness (QED) is 0.0848. The molecule has 15 nitrogen and oxygen atoms in total. The molecule has 2 amide bonds. The van der Waals surface area contributed by atoms with Gasteiger partial charge in [0.05, 0.1) is 29.7 Å². The van der Waals surface area contributed by atoms with Crippen LogP contribution < -0.4 is 5.32 Å². The van der Waals surface area contributed by atoms with Crippen molar-refractivity contribution in [1.82, 2.24) is 59.7 Å². The van der Waals surface area contributed by atoms with Crippen LogP contribution in [0.5, 0.6) is 0 Å². The molecule has 0 aliphatic carbocycles. The van der Waals surface area contributed by atoms with E-state index in [1.165, 1.54) is 28.5 Å². The van der Waals surface area contributed by atoms with Gasteiger partial charge in [0.25, 0.3) is 11.8 Å². The summed E-state index contributed by atoms with van der Waals surface area (Å²) in [6.45, 7) is 19.5. The lowest BCUT2D eigenvalue weighted by atomic mass is 9.93. The number of benzene rings is 4. The summed E-state index contributed by atoms with van der Waals surface area (Å²) in [5.41, 5.74) is 8.37. The van der Waals surface area contributed by atoms with E-state index in [0.717, 1.165) is 111 Å². The molecule has 3 N–H and O–H groups in total. The van der Waals surface area contributed by atoms with E-state index in [9.17, 15) is 14.4 Å². The van der Waals surface area contributed by atoms with Gasteiger partial charge in [-0.2, -0.15) is 0 Å². The van der Waals surface area contributed by atoms with E-state index in [1.54, 1.807) is 6.20 Å². The number of aldehydes is 1. The van der Waals surface area contributed by atoms with Crippen molar-refractivity contribution < 1.29 is 14.4 Å². The number of hydrogen-bond donors (Lipinski definition) is 3. The van der Waals surface area contributed by atoms with Gasteiger partial charge in [-0.1, -0.05) is 72.8 Å². The van der Waals surface area contributed by atoms with Gasteiger partial charge >= 0.3 is 0 Å². The number of aromatic amines is 2. The topological polar surface area (TPSA) is 163 Å². The van der Waals surface area contributed by atoms with Gasteiger partial charge in [0.15, 0.2) is 12.1 Å². The molecule has 6 heterocycles. The number of carbonyl (C=O) groups is 3. The van der Waals surface area contributed by atoms with Crippen LogP contribution in [-0.2, 0) is 6.54 Å². The molecular weight excluding hydrogens is 913 g/mol. The highest BCUT2D eigenvalue weighted by Gasteiger charge is 2.30. The highest BCUT2D eigenvalue weighted by Crippen LogP contribution is 2.35. The molecule has 2 aliphatic heterocycles. The van der Waals surface area contributed by atoms with Gasteiger partial charge in [-0.25, -0.2) is 9.97 Å². The molecule has 2 unspecified atom stereocenters. The molecule has 15 heteroatoms. The molecule has 73 heavy (non-hydrogen) atoms. The number of H-pyrrole nitrogens is 2. The third-order valence-corrected chi connectivity index (χ3v) is 13.8. The number of aromatic nitrogens is 6. The maximum absolute atomic E-state index is 12.9. The summed E-state index contributed by atoms with van der Waals surface area (Å²) in [6.07, 6.45) is 11.2. The molecule has 0 saturated carbocycles. The predicted octanol–water partition coefficient (Wildman–Crippen LogP) is 8.28. The van der Waals surface area contributed by atoms with Crippen molar-refractivity contribution in [2.24, 2.45) is 0 Å². The summed E-state index contributed by atoms with van der Waals surface area (Å²) in [5.74, 6) is 1.56. The van der Waals surface area contributed by atoms with Crippen molar-refractivity contribution in [3.05, 3.63) is 191 Å². The molecule has 8 aromatic rings. The van der Waals surface area contributed by atoms with E-state index in [2.05, 4.69) is 113 Å². The molecule has 0 radical (unpaired) electrons. The van der Waals surface area contributed by atoms with Gasteiger partial charge in [0.1, 0.15) is 5.82 Å². The lowest BCUT2D eigenvalue weighted by molar-refractivity contribution is 0.0765. The van der Waals surface area contributed by atoms with Crippen molar-refractivity contribution in [2.75, 3.05) is 78.5 Å². The summed E-state index contributed by atoms with van der Waals surface area (Å²) < 4.78 is 0. The highest BCUT2D eigenvalue weighted by atomic mass is 16.2. The SMILES string of the molecule is CCN(CC)C(=O)c1ccc(C(c2cccc3cccnc23)N2CCN(Cc3ncc[nH]3)CC2)cc1.CCN(CC)C(=O)c1ccc(C(c2cccc3cccnc23)N2CCNCC2)cc1.O=Cc1ncc[nH]1. The number of carbonyl (C=O) groups excluding carboxylic acids is 3. The fraction of sp³-hybridized carbons (Fsp3) is 0.328. The van der Waals surface area contributed by atoms with Crippen LogP contribution >= 0.6 is 0 Å². The molecule has 2 aliphatic rings. The largest absolute Gasteiger partial charge is 0.348 e. The summed E-state index contributed by atoms with van der Waals surface area (Å²) in [5, 5.41) is 5.75. The smallest absolute Gasteiger partial charge is 0.253 e. The zero-order valence-corrected chi connectivity index (χ0v) is 42.5. The van der Waals surface area contributed by atoms with Crippen LogP contribution in [0.3, 0.4) is 0 Å². The zero-order chi connectivity index (χ0) is 50.9. The Balaban J connectivity index is 0.000000174. The van der Waals surface area contributed by atoms with E-state index in [4.69, 9.17) is 9.97 Å². The van der Waals surface area contributed by atoms with Gasteiger partial charge in [-0.05, 0) is 75.2 Å². The van der Waals surface area contributed by atoms with E-state index in [-0.39, 0.29) is 23.9 Å². The molecule has 4 aromatic carbocycles. The number of hydrogen-bond acceptors (Lipinski definition) is 11. The van der Waals surface area contributed by atoms with Gasteiger partial charge in [0.2, 0.25) is 0 Å². The molecular formula is C58H68N12O3. The van der Waals surface area contributed by atoms with E-state index in [0.29, 0.717) is 25.2 Å². The molecule has 2 atom stereocenters. The zero-order valence-electron chi connectivity index (χ0n) is 42.5. The maximum atomic E-state index is 12.9. The minimum atomic E-state index is 0.0620. The average molecular weight is 981 g/mol. The molecule has 2 saturated heterocycles. The van der Waals surface area contributed by atoms with Crippen LogP contribution in [-0.4, -0.2) is 151 Å². The number of imidazole rings is 2. The number of pyridine rings is 2. The Labute approximate surface area is 428 Å². The summed E-state index contributed by atoms with van der Waals surface area (Å²) >= 11 is 0. The highest BCUT2D eigenvalue weighted by molar-refractivity contribution is 5.95. The van der Waals surface area contributed by atoms with Gasteiger partial charge in [-0.3, -0.25) is 39.1 Å². The first-order valence-electron chi connectivity index (χ1n) is 25.6. The first-order chi connectivity index (χ1) is 35.8. The van der Waals surface area contributed by atoms with Gasteiger partial charge in [0, 0.05) is 149 Å². The predicted molar refractivity (Wildman–Crippen MR) is 288 cm³/mol. The minimum Gasteiger partial charge on any atom is -0.348 e. The van der Waals surface area contributed by atoms with Crippen LogP contribution in [0.2, 0.25) is 0 Å². The molecule has 2 fully saturated rings. The van der Waals surface area contributed by atoms with Crippen molar-refractivity contribution >= 4 is 39.9 Å². The average Bonchev–Trinajstić information content (AvgIpc) is 4.19. The Kier molecular flexibility index (Phi) is 18.3. The lowest BCUT2D eigenvalue weighted by Gasteiger charge is -2.39. The monoisotopic (exact) mass is 981 g/mol. The number of fused-ring (bicyclic) bond motifs is 2. The first kappa shape index (κ1) is 51.9. The van der Waals surface area contributed by atoms with Crippen molar-refractivity contribution in [3.8, 4) is 0 Å². The standard InChI is InChI=1S/C29H34N6O.C25H30N4O.C4H4N2O/c1-3-34(4-2)29(36)24-12-10-23(11-13-24)28(25-9-5-7-22-8-6-14-32-27(22)25)35-19-17-33(18-20-35)21-26-30-15-16-31-26;1-3-28(4-2)25(30)21-12-10-20(11-13-21)24(29-17-15-26-16-18-29)22-9-5-7-19-8-6-14-27-23(19)22;7-3-4-5-1-2-6-4/h5-16,28H,3-4,17-21H2,1-2H3,(H,30,31);5-14,24,26H,3-4,15-18H2,1-2H3;1-3H,(H,5,6). The van der Waals surface area contributed by atoms with E-state index < -0.39 is 0 Å². The Morgan fingerprint density at radius 1 is 0.548 bits per heavy atom. The Morgan fingerprint density at radius 2 is 1.01 bits per heavy atom. The van der Waals surface area contributed by atoms with Crippen LogP contribution in [0.1, 0.15) is 99.2 Å². The number of piperazine rings is 2. The van der Waals surface area contributed by atoms with Crippen LogP contribution in [0.25, 0.3) is 21.8 Å². The number of para-hydroxylation sites is 2. The molecule has 0 spiro atoms. The fourth-order valence-electron chi connectivity index (χ4n) is 9.93. The van der Waals surface area contributed by atoms with E-state index >= 15 is 0 Å². The van der Waals surface area contributed by atoms with Crippen LogP contribution in [0.4, 0.5) is 0 Å². The summed E-state index contributed by atoms with van der Waals surface area (Å²) in [7, 11) is 0. The molecule has 378 valence electrons. The van der Waals surface area contributed by atoms with Gasteiger partial charge < -0.3 is 25.1 Å². The Hall–Kier alpha value is -7.43. The molecule has 10 rings (SSSR count). The third kappa shape index (κ3) is 12.8. The number of amides is 2. The fourth-order valence-corrected chi connectivity index (χ4v) is 9.93. The second-order valence-corrected chi connectivity index (χ2v) is 18.1. The number of nitrogens with zero attached hydrogens (tertiary/aromatic N) is 9. The summed E-state index contributed by atoms with van der Waals surface area (Å²) in [6, 6.07) is 37.7. The minimum absolute atomic E-state index is 0.0620. The van der Waals surface area contributed by atoms with Gasteiger partial charge in [-0.15, -0.1) is 0 Å².